The van der Waals surface area contributed by atoms with Crippen LogP contribution in [0.2, 0.25) is 0 Å². The number of carbonyl (C=O) groups excluding carboxylic acids is 2. The summed E-state index contributed by atoms with van der Waals surface area (Å²) < 4.78 is 0. The number of rotatable bonds is 7. The van der Waals surface area contributed by atoms with Gasteiger partial charge < -0.3 is 10.2 Å². The predicted octanol–water partition coefficient (Wildman–Crippen LogP) is 2.87. The van der Waals surface area contributed by atoms with Crippen molar-refractivity contribution in [1.29, 1.82) is 0 Å². The van der Waals surface area contributed by atoms with E-state index in [9.17, 15) is 9.59 Å². The Morgan fingerprint density at radius 3 is 2.23 bits per heavy atom. The van der Waals surface area contributed by atoms with Crippen molar-refractivity contribution < 1.29 is 9.59 Å². The summed E-state index contributed by atoms with van der Waals surface area (Å²) in [4.78, 5) is 32.8. The van der Waals surface area contributed by atoms with Crippen LogP contribution in [0.15, 0.2) is 64.4 Å². The van der Waals surface area contributed by atoms with E-state index in [0.29, 0.717) is 13.1 Å². The Kier molecular flexibility index (Phi) is 8.30. The van der Waals surface area contributed by atoms with Gasteiger partial charge in [-0.15, -0.1) is 0 Å². The van der Waals surface area contributed by atoms with Crippen molar-refractivity contribution in [3.8, 4) is 0 Å². The molecule has 1 fully saturated rings. The van der Waals surface area contributed by atoms with Crippen LogP contribution in [0.5, 0.6) is 0 Å². The fraction of sp³-hybridized carbons (Fsp3) is 0.391. The Balaban J connectivity index is 1.53. The number of likely N-dealkylation sites (N-methyl/N-ethyl adjacent to an activating group) is 1. The highest BCUT2D eigenvalue weighted by molar-refractivity contribution is 7.99. The predicted molar refractivity (Wildman–Crippen MR) is 122 cm³/mol. The van der Waals surface area contributed by atoms with E-state index in [0.717, 1.165) is 48.1 Å². The fourth-order valence-corrected chi connectivity index (χ4v) is 4.26. The molecule has 0 aromatic heterocycles. The second kappa shape index (κ2) is 11.2. The van der Waals surface area contributed by atoms with Crippen molar-refractivity contribution in [2.24, 2.45) is 0 Å². The van der Waals surface area contributed by atoms with Gasteiger partial charge in [-0.1, -0.05) is 42.1 Å². The molecule has 2 aromatic carbocycles. The van der Waals surface area contributed by atoms with Crippen molar-refractivity contribution in [3.05, 3.63) is 54.6 Å². The third-order valence-corrected chi connectivity index (χ3v) is 6.12. The maximum atomic E-state index is 12.7. The highest BCUT2D eigenvalue weighted by atomic mass is 32.2. The smallest absolute Gasteiger partial charge is 0.238 e. The molecule has 0 radical (unpaired) electrons. The fourth-order valence-electron chi connectivity index (χ4n) is 3.34. The van der Waals surface area contributed by atoms with Crippen LogP contribution in [0.25, 0.3) is 0 Å². The zero-order chi connectivity index (χ0) is 21.3. The standard InChI is InChI=1S/C23H30N4O2S/c1-25(2)23(29)18-27-14-8-13-26(15-16-27)17-22(28)24-20-11-6-7-12-21(20)30-19-9-4-3-5-10-19/h3-7,9-12H,8,13-18H2,1-2H3,(H,24,28). The molecule has 2 aromatic rings. The molecule has 0 atom stereocenters. The second-order valence-corrected chi connectivity index (χ2v) is 8.77. The molecule has 0 spiro atoms. The van der Waals surface area contributed by atoms with Crippen LogP contribution >= 0.6 is 11.8 Å². The minimum atomic E-state index is -0.00562. The van der Waals surface area contributed by atoms with E-state index < -0.39 is 0 Å². The Morgan fingerprint density at radius 2 is 1.53 bits per heavy atom. The lowest BCUT2D eigenvalue weighted by Crippen LogP contribution is -2.39. The second-order valence-electron chi connectivity index (χ2n) is 7.65. The van der Waals surface area contributed by atoms with Gasteiger partial charge in [0.2, 0.25) is 11.8 Å². The van der Waals surface area contributed by atoms with E-state index in [1.165, 1.54) is 0 Å². The Morgan fingerprint density at radius 1 is 0.900 bits per heavy atom. The maximum Gasteiger partial charge on any atom is 0.238 e. The maximum absolute atomic E-state index is 12.7. The van der Waals surface area contributed by atoms with Crippen LogP contribution in [0, 0.1) is 0 Å². The first kappa shape index (κ1) is 22.3. The third-order valence-electron chi connectivity index (χ3n) is 5.04. The molecule has 2 amide bonds. The van der Waals surface area contributed by atoms with Gasteiger partial charge in [-0.25, -0.2) is 0 Å². The molecule has 1 heterocycles. The van der Waals surface area contributed by atoms with Gasteiger partial charge in [0, 0.05) is 37.0 Å². The van der Waals surface area contributed by atoms with E-state index >= 15 is 0 Å². The number of carbonyl (C=O) groups is 2. The SMILES string of the molecule is CN(C)C(=O)CN1CCCN(CC(=O)Nc2ccccc2Sc2ccccc2)CC1. The molecule has 7 heteroatoms. The largest absolute Gasteiger partial charge is 0.348 e. The van der Waals surface area contributed by atoms with Crippen LogP contribution in [0.4, 0.5) is 5.69 Å². The van der Waals surface area contributed by atoms with Crippen LogP contribution < -0.4 is 5.32 Å². The summed E-state index contributed by atoms with van der Waals surface area (Å²) in [6.07, 6.45) is 0.953. The molecule has 0 unspecified atom stereocenters. The number of hydrogen-bond acceptors (Lipinski definition) is 5. The summed E-state index contributed by atoms with van der Waals surface area (Å²) >= 11 is 1.64. The molecular weight excluding hydrogens is 396 g/mol. The summed E-state index contributed by atoms with van der Waals surface area (Å²) in [5.74, 6) is 0.114. The number of amides is 2. The molecule has 30 heavy (non-hydrogen) atoms. The van der Waals surface area contributed by atoms with Gasteiger partial charge in [0.1, 0.15) is 0 Å². The van der Waals surface area contributed by atoms with Gasteiger partial charge in [-0.2, -0.15) is 0 Å². The number of benzene rings is 2. The summed E-state index contributed by atoms with van der Waals surface area (Å²) in [6.45, 7) is 4.13. The van der Waals surface area contributed by atoms with Gasteiger partial charge in [0.25, 0.3) is 0 Å². The summed E-state index contributed by atoms with van der Waals surface area (Å²) in [5.41, 5.74) is 0.837. The minimum absolute atomic E-state index is 0.00562. The molecule has 160 valence electrons. The van der Waals surface area contributed by atoms with Gasteiger partial charge in [0.15, 0.2) is 0 Å². The number of nitrogens with one attached hydrogen (secondary N) is 1. The third kappa shape index (κ3) is 6.86. The van der Waals surface area contributed by atoms with Gasteiger partial charge in [0.05, 0.1) is 18.8 Å². The normalized spacial score (nSPS) is 15.4. The van der Waals surface area contributed by atoms with Crippen molar-refractivity contribution in [2.75, 3.05) is 58.7 Å². The van der Waals surface area contributed by atoms with Gasteiger partial charge in [-0.05, 0) is 43.8 Å². The average molecular weight is 427 g/mol. The number of para-hydroxylation sites is 1. The van der Waals surface area contributed by atoms with Crippen molar-refractivity contribution >= 4 is 29.3 Å². The Hall–Kier alpha value is -2.35. The van der Waals surface area contributed by atoms with E-state index in [1.54, 1.807) is 30.8 Å². The Bertz CT molecular complexity index is 844. The van der Waals surface area contributed by atoms with Crippen LogP contribution in [0.3, 0.4) is 0 Å². The zero-order valence-corrected chi connectivity index (χ0v) is 18.5. The average Bonchev–Trinajstić information content (AvgIpc) is 2.95. The van der Waals surface area contributed by atoms with Crippen molar-refractivity contribution in [3.63, 3.8) is 0 Å². The number of anilines is 1. The number of nitrogens with zero attached hydrogens (tertiary/aromatic N) is 3. The Labute approximate surface area is 183 Å². The van der Waals surface area contributed by atoms with Crippen LogP contribution in [-0.4, -0.2) is 79.9 Å². The van der Waals surface area contributed by atoms with E-state index in [2.05, 4.69) is 27.2 Å². The lowest BCUT2D eigenvalue weighted by Gasteiger charge is -2.22. The first-order valence-corrected chi connectivity index (χ1v) is 11.1. The molecule has 0 saturated carbocycles. The lowest BCUT2D eigenvalue weighted by molar-refractivity contribution is -0.129. The van der Waals surface area contributed by atoms with Crippen LogP contribution in [0.1, 0.15) is 6.42 Å². The first-order chi connectivity index (χ1) is 14.5. The summed E-state index contributed by atoms with van der Waals surface area (Å²) in [7, 11) is 3.56. The van der Waals surface area contributed by atoms with Crippen molar-refractivity contribution in [1.82, 2.24) is 14.7 Å². The van der Waals surface area contributed by atoms with E-state index in [1.807, 2.05) is 42.5 Å². The summed E-state index contributed by atoms with van der Waals surface area (Å²) in [6, 6.07) is 18.0. The quantitative estimate of drug-likeness (QED) is 0.738. The number of hydrogen-bond donors (Lipinski definition) is 1. The monoisotopic (exact) mass is 426 g/mol. The van der Waals surface area contributed by atoms with Gasteiger partial charge in [-0.3, -0.25) is 19.4 Å². The lowest BCUT2D eigenvalue weighted by atomic mass is 10.3. The minimum Gasteiger partial charge on any atom is -0.348 e. The molecule has 3 rings (SSSR count). The first-order valence-electron chi connectivity index (χ1n) is 10.3. The highest BCUT2D eigenvalue weighted by Gasteiger charge is 2.19. The molecule has 1 N–H and O–H groups in total. The highest BCUT2D eigenvalue weighted by Crippen LogP contribution is 2.33. The molecular formula is C23H30N4O2S. The van der Waals surface area contributed by atoms with Crippen molar-refractivity contribution in [2.45, 2.75) is 16.2 Å². The van der Waals surface area contributed by atoms with Gasteiger partial charge >= 0.3 is 0 Å². The molecule has 1 aliphatic heterocycles. The molecule has 1 aliphatic rings. The zero-order valence-electron chi connectivity index (χ0n) is 17.7. The molecule has 6 nitrogen and oxygen atoms in total. The summed E-state index contributed by atoms with van der Waals surface area (Å²) in [5, 5.41) is 3.08. The molecule has 0 aliphatic carbocycles. The topological polar surface area (TPSA) is 55.9 Å². The van der Waals surface area contributed by atoms with Crippen LogP contribution in [-0.2, 0) is 9.59 Å². The van der Waals surface area contributed by atoms with E-state index in [4.69, 9.17) is 0 Å². The molecule has 1 saturated heterocycles. The van der Waals surface area contributed by atoms with E-state index in [-0.39, 0.29) is 11.8 Å². The molecule has 0 bridgehead atoms.